The first-order chi connectivity index (χ1) is 16.1. The number of benzene rings is 2. The van der Waals surface area contributed by atoms with Gasteiger partial charge in [0.05, 0.1) is 19.8 Å². The van der Waals surface area contributed by atoms with E-state index in [1.165, 1.54) is 20.6 Å². The van der Waals surface area contributed by atoms with E-state index < -0.39 is 0 Å². The number of nitrogens with one attached hydrogen (secondary N) is 2. The lowest BCUT2D eigenvalue weighted by atomic mass is 9.95. The number of nitrogens with zero attached hydrogens (tertiary/aromatic N) is 1. The van der Waals surface area contributed by atoms with Gasteiger partial charge >= 0.3 is 0 Å². The van der Waals surface area contributed by atoms with Gasteiger partial charge in [0, 0.05) is 30.5 Å². The first kappa shape index (κ1) is 23.0. The van der Waals surface area contributed by atoms with Crippen molar-refractivity contribution in [3.8, 4) is 11.5 Å². The molecular formula is C26H33N3O4. The molecule has 2 aromatic carbocycles. The van der Waals surface area contributed by atoms with Crippen molar-refractivity contribution in [2.24, 2.45) is 0 Å². The molecule has 0 atom stereocenters. The summed E-state index contributed by atoms with van der Waals surface area (Å²) in [4.78, 5) is 28.7. The fraction of sp³-hybridized carbons (Fsp3) is 0.462. The van der Waals surface area contributed by atoms with E-state index in [2.05, 4.69) is 15.5 Å². The zero-order valence-corrected chi connectivity index (χ0v) is 19.5. The second kappa shape index (κ2) is 10.6. The quantitative estimate of drug-likeness (QED) is 0.642. The Morgan fingerprint density at radius 1 is 0.879 bits per heavy atom. The molecule has 7 heteroatoms. The minimum Gasteiger partial charge on any atom is -0.496 e. The van der Waals surface area contributed by atoms with E-state index in [1.54, 1.807) is 24.3 Å². The number of carbonyl (C=O) groups excluding carboxylic acids is 2. The summed E-state index contributed by atoms with van der Waals surface area (Å²) in [6.45, 7) is 1.88. The van der Waals surface area contributed by atoms with Gasteiger partial charge in [0.15, 0.2) is 0 Å². The van der Waals surface area contributed by atoms with E-state index in [0.717, 1.165) is 57.3 Å². The van der Waals surface area contributed by atoms with E-state index in [9.17, 15) is 9.59 Å². The van der Waals surface area contributed by atoms with Crippen LogP contribution in [0.5, 0.6) is 11.5 Å². The van der Waals surface area contributed by atoms with Crippen LogP contribution in [0, 0.1) is 0 Å². The van der Waals surface area contributed by atoms with Crippen molar-refractivity contribution >= 4 is 23.2 Å². The Bertz CT molecular complexity index is 973. The van der Waals surface area contributed by atoms with Gasteiger partial charge in [0.25, 0.3) is 11.8 Å². The predicted molar refractivity (Wildman–Crippen MR) is 130 cm³/mol. The number of methoxy groups -OCH3 is 2. The van der Waals surface area contributed by atoms with Crippen molar-refractivity contribution < 1.29 is 19.1 Å². The third-order valence-electron chi connectivity index (χ3n) is 6.54. The zero-order chi connectivity index (χ0) is 23.2. The molecule has 0 unspecified atom stereocenters. The van der Waals surface area contributed by atoms with Crippen LogP contribution in [0.2, 0.25) is 0 Å². The topological polar surface area (TPSA) is 79.9 Å². The number of anilines is 2. The van der Waals surface area contributed by atoms with Crippen molar-refractivity contribution in [3.05, 3.63) is 47.5 Å². The summed E-state index contributed by atoms with van der Waals surface area (Å²) in [7, 11) is 3.04. The molecule has 0 bridgehead atoms. The van der Waals surface area contributed by atoms with Gasteiger partial charge in [-0.15, -0.1) is 0 Å². The first-order valence-corrected chi connectivity index (χ1v) is 11.8. The molecule has 2 fully saturated rings. The molecular weight excluding hydrogens is 418 g/mol. The Morgan fingerprint density at radius 3 is 2.18 bits per heavy atom. The molecule has 2 amide bonds. The Kier molecular flexibility index (Phi) is 7.37. The smallest absolute Gasteiger partial charge is 0.263 e. The average Bonchev–Trinajstić information content (AvgIpc) is 3.38. The van der Waals surface area contributed by atoms with Crippen molar-refractivity contribution in [2.45, 2.75) is 51.0 Å². The average molecular weight is 452 g/mol. The fourth-order valence-electron chi connectivity index (χ4n) is 4.81. The molecule has 1 saturated carbocycles. The van der Waals surface area contributed by atoms with Gasteiger partial charge in [-0.25, -0.2) is 0 Å². The highest BCUT2D eigenvalue weighted by Crippen LogP contribution is 2.31. The summed E-state index contributed by atoms with van der Waals surface area (Å²) in [5, 5.41) is 6.16. The Balaban J connectivity index is 1.61. The first-order valence-electron chi connectivity index (χ1n) is 11.8. The van der Waals surface area contributed by atoms with Gasteiger partial charge < -0.3 is 25.0 Å². The molecule has 2 aliphatic rings. The summed E-state index contributed by atoms with van der Waals surface area (Å²) >= 11 is 0. The maximum absolute atomic E-state index is 13.3. The molecule has 33 heavy (non-hydrogen) atoms. The lowest BCUT2D eigenvalue weighted by molar-refractivity contribution is 0.0927. The number of ether oxygens (including phenoxy) is 2. The molecule has 1 saturated heterocycles. The van der Waals surface area contributed by atoms with E-state index >= 15 is 0 Å². The molecule has 2 N–H and O–H groups in total. The maximum Gasteiger partial charge on any atom is 0.263 e. The number of amides is 2. The summed E-state index contributed by atoms with van der Waals surface area (Å²) in [5.74, 6) is 0.429. The lowest BCUT2D eigenvalue weighted by Gasteiger charge is -2.26. The van der Waals surface area contributed by atoms with Crippen LogP contribution in [0.1, 0.15) is 65.7 Å². The Hall–Kier alpha value is -3.22. The van der Waals surface area contributed by atoms with Crippen LogP contribution in [0.25, 0.3) is 0 Å². The number of hydrogen-bond donors (Lipinski definition) is 2. The van der Waals surface area contributed by atoms with E-state index in [-0.39, 0.29) is 17.9 Å². The van der Waals surface area contributed by atoms with Gasteiger partial charge in [0.2, 0.25) is 0 Å². The van der Waals surface area contributed by atoms with Gasteiger partial charge in [-0.3, -0.25) is 9.59 Å². The second-order valence-electron chi connectivity index (χ2n) is 8.73. The fourth-order valence-corrected chi connectivity index (χ4v) is 4.81. The molecule has 0 radical (unpaired) electrons. The van der Waals surface area contributed by atoms with Gasteiger partial charge in [-0.05, 0) is 56.0 Å². The van der Waals surface area contributed by atoms with Crippen LogP contribution in [-0.4, -0.2) is 45.2 Å². The summed E-state index contributed by atoms with van der Waals surface area (Å²) in [6, 6.07) is 11.0. The van der Waals surface area contributed by atoms with Crippen molar-refractivity contribution in [1.82, 2.24) is 5.32 Å². The molecule has 2 aromatic rings. The van der Waals surface area contributed by atoms with E-state index in [4.69, 9.17) is 9.47 Å². The summed E-state index contributed by atoms with van der Waals surface area (Å²) in [5.41, 5.74) is 2.41. The van der Waals surface area contributed by atoms with Gasteiger partial charge in [-0.1, -0.05) is 25.3 Å². The highest BCUT2D eigenvalue weighted by Gasteiger charge is 2.24. The normalized spacial score (nSPS) is 16.4. The summed E-state index contributed by atoms with van der Waals surface area (Å²) < 4.78 is 10.7. The molecule has 1 heterocycles. The number of carbonyl (C=O) groups is 2. The molecule has 0 aromatic heterocycles. The zero-order valence-electron chi connectivity index (χ0n) is 19.5. The van der Waals surface area contributed by atoms with Gasteiger partial charge in [-0.2, -0.15) is 0 Å². The predicted octanol–water partition coefficient (Wildman–Crippen LogP) is 4.62. The van der Waals surface area contributed by atoms with Gasteiger partial charge in [0.1, 0.15) is 17.1 Å². The van der Waals surface area contributed by atoms with Crippen LogP contribution in [0.15, 0.2) is 36.4 Å². The minimum absolute atomic E-state index is 0.0743. The van der Waals surface area contributed by atoms with E-state index in [0.29, 0.717) is 28.3 Å². The SMILES string of the molecule is COc1cccc(OC)c1C(=O)Nc1ccc(N2CCCC2)c(C(=O)NC2CCCCC2)c1. The van der Waals surface area contributed by atoms with Crippen molar-refractivity contribution in [1.29, 1.82) is 0 Å². The highest BCUT2D eigenvalue weighted by molar-refractivity contribution is 6.09. The molecule has 176 valence electrons. The molecule has 1 aliphatic carbocycles. The van der Waals surface area contributed by atoms with Crippen molar-refractivity contribution in [3.63, 3.8) is 0 Å². The molecule has 7 nitrogen and oxygen atoms in total. The monoisotopic (exact) mass is 451 g/mol. The maximum atomic E-state index is 13.3. The minimum atomic E-state index is -0.350. The largest absolute Gasteiger partial charge is 0.496 e. The third-order valence-corrected chi connectivity index (χ3v) is 6.54. The van der Waals surface area contributed by atoms with Crippen LogP contribution in [0.4, 0.5) is 11.4 Å². The Morgan fingerprint density at radius 2 is 1.55 bits per heavy atom. The molecule has 4 rings (SSSR count). The number of rotatable bonds is 7. The van der Waals surface area contributed by atoms with Crippen molar-refractivity contribution in [2.75, 3.05) is 37.5 Å². The molecule has 1 aliphatic heterocycles. The van der Waals surface area contributed by atoms with Crippen LogP contribution < -0.4 is 25.0 Å². The Labute approximate surface area is 195 Å². The third kappa shape index (κ3) is 5.24. The van der Waals surface area contributed by atoms with Crippen LogP contribution in [-0.2, 0) is 0 Å². The van der Waals surface area contributed by atoms with Crippen LogP contribution in [0.3, 0.4) is 0 Å². The van der Waals surface area contributed by atoms with E-state index in [1.807, 2.05) is 12.1 Å². The van der Waals surface area contributed by atoms with Crippen LogP contribution >= 0.6 is 0 Å². The lowest BCUT2D eigenvalue weighted by Crippen LogP contribution is -2.37. The molecule has 0 spiro atoms. The second-order valence-corrected chi connectivity index (χ2v) is 8.73. The highest BCUT2D eigenvalue weighted by atomic mass is 16.5. The summed E-state index contributed by atoms with van der Waals surface area (Å²) in [6.07, 6.45) is 7.83. The standard InChI is InChI=1S/C26H33N3O4/c1-32-22-11-8-12-23(33-2)24(22)26(31)28-19-13-14-21(29-15-6-7-16-29)20(17-19)25(30)27-18-9-4-3-5-10-18/h8,11-14,17-18H,3-7,9-10,15-16H2,1-2H3,(H,27,30)(H,28,31). The number of hydrogen-bond acceptors (Lipinski definition) is 5.